The van der Waals surface area contributed by atoms with Gasteiger partial charge in [-0.2, -0.15) is 11.3 Å². The second-order valence-corrected chi connectivity index (χ2v) is 7.62. The van der Waals surface area contributed by atoms with Gasteiger partial charge < -0.3 is 24.8 Å². The van der Waals surface area contributed by atoms with Gasteiger partial charge in [0, 0.05) is 11.6 Å². The molecule has 0 aliphatic heterocycles. The van der Waals surface area contributed by atoms with Crippen molar-refractivity contribution in [3.63, 3.8) is 0 Å². The van der Waals surface area contributed by atoms with Crippen molar-refractivity contribution in [3.8, 4) is 17.2 Å². The molecule has 0 fully saturated rings. The third-order valence-electron chi connectivity index (χ3n) is 4.53. The fraction of sp³-hybridized carbons (Fsp3) is 0.227. The summed E-state index contributed by atoms with van der Waals surface area (Å²) in [5, 5.41) is 10.6. The van der Waals surface area contributed by atoms with Crippen LogP contribution in [0.25, 0.3) is 0 Å². The Morgan fingerprint density at radius 3 is 2.20 bits per heavy atom. The quantitative estimate of drug-likeness (QED) is 0.510. The van der Waals surface area contributed by atoms with Gasteiger partial charge in [-0.05, 0) is 57.8 Å². The fourth-order valence-corrected chi connectivity index (χ4v) is 3.87. The van der Waals surface area contributed by atoms with Crippen molar-refractivity contribution in [2.75, 3.05) is 21.3 Å². The lowest BCUT2D eigenvalue weighted by Gasteiger charge is -2.19. The molecule has 0 saturated heterocycles. The van der Waals surface area contributed by atoms with Gasteiger partial charge in [0.25, 0.3) is 0 Å². The number of carbonyl (C=O) groups excluding carboxylic acids is 1. The number of thiophene rings is 1. The molecule has 0 bridgehead atoms. The maximum atomic E-state index is 12.7. The molecule has 30 heavy (non-hydrogen) atoms. The van der Waals surface area contributed by atoms with Crippen LogP contribution >= 0.6 is 22.9 Å². The first kappa shape index (κ1) is 21.8. The van der Waals surface area contributed by atoms with E-state index in [1.54, 1.807) is 44.8 Å². The van der Waals surface area contributed by atoms with Gasteiger partial charge in [0.1, 0.15) is 0 Å². The van der Waals surface area contributed by atoms with Crippen LogP contribution in [0.1, 0.15) is 22.7 Å². The number of amides is 2. The molecular weight excluding hydrogens is 424 g/mol. The van der Waals surface area contributed by atoms with E-state index in [2.05, 4.69) is 10.6 Å². The maximum Gasteiger partial charge on any atom is 0.315 e. The summed E-state index contributed by atoms with van der Waals surface area (Å²) >= 11 is 7.59. The summed E-state index contributed by atoms with van der Waals surface area (Å²) in [6.45, 7) is 0.291. The Hall–Kier alpha value is -2.90. The molecule has 1 aromatic heterocycles. The number of methoxy groups -OCH3 is 3. The van der Waals surface area contributed by atoms with Crippen LogP contribution in [0.2, 0.25) is 5.02 Å². The van der Waals surface area contributed by atoms with Gasteiger partial charge in [-0.15, -0.1) is 0 Å². The molecule has 2 aromatic carbocycles. The minimum Gasteiger partial charge on any atom is -0.493 e. The maximum absolute atomic E-state index is 12.7. The average molecular weight is 447 g/mol. The number of hydrogen-bond acceptors (Lipinski definition) is 5. The van der Waals surface area contributed by atoms with Gasteiger partial charge >= 0.3 is 6.03 Å². The number of rotatable bonds is 8. The van der Waals surface area contributed by atoms with Crippen molar-refractivity contribution >= 4 is 29.0 Å². The topological polar surface area (TPSA) is 68.8 Å². The van der Waals surface area contributed by atoms with E-state index in [1.165, 1.54) is 0 Å². The van der Waals surface area contributed by atoms with Crippen LogP contribution in [0.15, 0.2) is 53.2 Å². The van der Waals surface area contributed by atoms with E-state index in [-0.39, 0.29) is 12.1 Å². The van der Waals surface area contributed by atoms with Crippen molar-refractivity contribution in [2.45, 2.75) is 12.6 Å². The standard InChI is InChI=1S/C22H23ClN2O4S/c1-27-18-10-14(11-19(28-2)21(18)29-3)12-24-22(26)25-20(16-8-9-30-13-16)15-4-6-17(23)7-5-15/h4-11,13,20H,12H2,1-3H3,(H2,24,25,26). The molecule has 0 radical (unpaired) electrons. The average Bonchev–Trinajstić information content (AvgIpc) is 3.30. The SMILES string of the molecule is COc1cc(CNC(=O)NC(c2ccc(Cl)cc2)c2ccsc2)cc(OC)c1OC. The first-order chi connectivity index (χ1) is 14.5. The highest BCUT2D eigenvalue weighted by Crippen LogP contribution is 2.38. The van der Waals surface area contributed by atoms with E-state index < -0.39 is 0 Å². The van der Waals surface area contributed by atoms with Crippen molar-refractivity contribution < 1.29 is 19.0 Å². The molecule has 2 N–H and O–H groups in total. The highest BCUT2D eigenvalue weighted by molar-refractivity contribution is 7.08. The fourth-order valence-electron chi connectivity index (χ4n) is 3.06. The van der Waals surface area contributed by atoms with Crippen LogP contribution in [0.5, 0.6) is 17.2 Å². The Morgan fingerprint density at radius 1 is 1.00 bits per heavy atom. The molecule has 1 unspecified atom stereocenters. The van der Waals surface area contributed by atoms with E-state index in [9.17, 15) is 4.79 Å². The second-order valence-electron chi connectivity index (χ2n) is 6.40. The van der Waals surface area contributed by atoms with E-state index >= 15 is 0 Å². The van der Waals surface area contributed by atoms with Gasteiger partial charge in [-0.25, -0.2) is 4.79 Å². The number of nitrogens with one attached hydrogen (secondary N) is 2. The molecule has 0 saturated carbocycles. The lowest BCUT2D eigenvalue weighted by Crippen LogP contribution is -2.37. The summed E-state index contributed by atoms with van der Waals surface area (Å²) in [4.78, 5) is 12.7. The lowest BCUT2D eigenvalue weighted by molar-refractivity contribution is 0.238. The lowest BCUT2D eigenvalue weighted by atomic mass is 10.0. The van der Waals surface area contributed by atoms with Crippen molar-refractivity contribution in [1.82, 2.24) is 10.6 Å². The Morgan fingerprint density at radius 2 is 1.67 bits per heavy atom. The van der Waals surface area contributed by atoms with E-state index in [0.717, 1.165) is 16.7 Å². The van der Waals surface area contributed by atoms with E-state index in [0.29, 0.717) is 28.8 Å². The van der Waals surface area contributed by atoms with Crippen LogP contribution in [-0.2, 0) is 6.54 Å². The molecule has 0 aliphatic carbocycles. The largest absolute Gasteiger partial charge is 0.493 e. The zero-order valence-electron chi connectivity index (χ0n) is 16.9. The number of benzene rings is 2. The smallest absolute Gasteiger partial charge is 0.315 e. The molecule has 2 amide bonds. The minimum atomic E-state index is -0.296. The van der Waals surface area contributed by atoms with E-state index in [1.807, 2.05) is 41.1 Å². The Bertz CT molecular complexity index is 952. The Balaban J connectivity index is 1.73. The molecule has 3 aromatic rings. The van der Waals surface area contributed by atoms with Gasteiger partial charge in [0.2, 0.25) is 5.75 Å². The highest BCUT2D eigenvalue weighted by atomic mass is 35.5. The van der Waals surface area contributed by atoms with Crippen molar-refractivity contribution in [3.05, 3.63) is 74.9 Å². The predicted molar refractivity (Wildman–Crippen MR) is 119 cm³/mol. The summed E-state index contributed by atoms with van der Waals surface area (Å²) in [5.74, 6) is 1.58. The first-order valence-corrected chi connectivity index (χ1v) is 10.5. The first-order valence-electron chi connectivity index (χ1n) is 9.16. The van der Waals surface area contributed by atoms with E-state index in [4.69, 9.17) is 25.8 Å². The molecule has 8 heteroatoms. The summed E-state index contributed by atoms with van der Waals surface area (Å²) in [7, 11) is 4.66. The molecule has 0 spiro atoms. The third-order valence-corrected chi connectivity index (χ3v) is 5.49. The van der Waals surface area contributed by atoms with Crippen LogP contribution in [0, 0.1) is 0 Å². The summed E-state index contributed by atoms with van der Waals surface area (Å²) in [6, 6.07) is 12.5. The molecule has 0 aliphatic rings. The zero-order chi connectivity index (χ0) is 21.5. The predicted octanol–water partition coefficient (Wildman–Crippen LogP) is 5.02. The summed E-state index contributed by atoms with van der Waals surface area (Å²) in [6.07, 6.45) is 0. The van der Waals surface area contributed by atoms with Gasteiger partial charge in [0.05, 0.1) is 27.4 Å². The van der Waals surface area contributed by atoms with Crippen molar-refractivity contribution in [2.24, 2.45) is 0 Å². The number of ether oxygens (including phenoxy) is 3. The molecule has 158 valence electrons. The van der Waals surface area contributed by atoms with Crippen LogP contribution < -0.4 is 24.8 Å². The van der Waals surface area contributed by atoms with Crippen LogP contribution in [0.4, 0.5) is 4.79 Å². The number of halogens is 1. The number of carbonyl (C=O) groups is 1. The Labute approximate surface area is 184 Å². The second kappa shape index (κ2) is 10.2. The monoisotopic (exact) mass is 446 g/mol. The van der Waals surface area contributed by atoms with Gasteiger partial charge in [-0.3, -0.25) is 0 Å². The molecule has 3 rings (SSSR count). The molecule has 6 nitrogen and oxygen atoms in total. The number of hydrogen-bond donors (Lipinski definition) is 2. The molecular formula is C22H23ClN2O4S. The molecule has 1 heterocycles. The van der Waals surface area contributed by atoms with Crippen LogP contribution in [-0.4, -0.2) is 27.4 Å². The number of urea groups is 1. The normalized spacial score (nSPS) is 11.5. The highest BCUT2D eigenvalue weighted by Gasteiger charge is 2.18. The molecule has 1 atom stereocenters. The Kier molecular flexibility index (Phi) is 7.43. The summed E-state index contributed by atoms with van der Waals surface area (Å²) in [5.41, 5.74) is 2.77. The van der Waals surface area contributed by atoms with Crippen LogP contribution in [0.3, 0.4) is 0 Å². The van der Waals surface area contributed by atoms with Crippen molar-refractivity contribution in [1.29, 1.82) is 0 Å². The third kappa shape index (κ3) is 5.17. The minimum absolute atomic E-state index is 0.284. The van der Waals surface area contributed by atoms with Gasteiger partial charge in [-0.1, -0.05) is 23.7 Å². The van der Waals surface area contributed by atoms with Gasteiger partial charge in [0.15, 0.2) is 11.5 Å². The summed E-state index contributed by atoms with van der Waals surface area (Å²) < 4.78 is 16.1. The zero-order valence-corrected chi connectivity index (χ0v) is 18.5.